The predicted molar refractivity (Wildman–Crippen MR) is 269 cm³/mol. The number of nitrogens with zero attached hydrogens (tertiary/aromatic N) is 4. The quantitative estimate of drug-likeness (QED) is 0.165. The van der Waals surface area contributed by atoms with E-state index in [0.29, 0.717) is 0 Å². The molecule has 0 saturated heterocycles. The Hall–Kier alpha value is -8.08. The Kier molecular flexibility index (Phi) is 9.27. The van der Waals surface area contributed by atoms with Gasteiger partial charge in [-0.2, -0.15) is 0 Å². The number of fused-ring (bicyclic) bond motifs is 12. The minimum atomic E-state index is 0. The van der Waals surface area contributed by atoms with Crippen molar-refractivity contribution in [2.45, 2.75) is 0 Å². The molecule has 1 radical (unpaired) electrons. The standard InChI is InChI=1S/C60H36N4.Cu/c1-5-13-41-33-45(21-17-37(41)9-1)57-49-25-27-51(61-49)58(46-22-18-38-10-2-6-14-42(38)34-46)53-29-31-55(63-53)60(48-24-20-40-12-4-8-16-44(40)36-48)56-32-30-54(64-56)59(52-28-26-50(57)62-52)47-23-19-39-11-3-7-15-43(39)35-47;/h1-36H;/q-2;+2. The average molecular weight is 877 g/mol. The van der Waals surface area contributed by atoms with Crippen LogP contribution in [0.4, 0.5) is 0 Å². The zero-order chi connectivity index (χ0) is 42.1. The molecule has 8 bridgehead atoms. The van der Waals surface area contributed by atoms with Gasteiger partial charge in [-0.25, -0.2) is 9.97 Å². The first-order valence-electron chi connectivity index (χ1n) is 21.7. The average Bonchev–Trinajstić information content (AvgIpc) is 4.20. The Labute approximate surface area is 385 Å². The number of benzene rings is 8. The molecule has 307 valence electrons. The minimum absolute atomic E-state index is 0. The molecular formula is C60H36CuN4. The van der Waals surface area contributed by atoms with Crippen molar-refractivity contribution >= 4 is 89.5 Å². The Morgan fingerprint density at radius 2 is 0.477 bits per heavy atom. The van der Waals surface area contributed by atoms with Crippen LogP contribution in [0.15, 0.2) is 194 Å². The summed E-state index contributed by atoms with van der Waals surface area (Å²) < 4.78 is 0. The molecule has 2 aliphatic rings. The second-order valence-electron chi connectivity index (χ2n) is 16.6. The summed E-state index contributed by atoms with van der Waals surface area (Å²) >= 11 is 0. The molecule has 0 N–H and O–H groups in total. The molecular weight excluding hydrogens is 840 g/mol. The first-order valence-corrected chi connectivity index (χ1v) is 21.7. The number of hydrogen-bond donors (Lipinski definition) is 0. The van der Waals surface area contributed by atoms with Crippen molar-refractivity contribution in [3.05, 3.63) is 217 Å². The van der Waals surface area contributed by atoms with Crippen molar-refractivity contribution in [1.29, 1.82) is 0 Å². The predicted octanol–water partition coefficient (Wildman–Crippen LogP) is 15.2. The van der Waals surface area contributed by atoms with Gasteiger partial charge in [0.15, 0.2) is 0 Å². The molecule has 5 heterocycles. The Morgan fingerprint density at radius 1 is 0.246 bits per heavy atom. The van der Waals surface area contributed by atoms with Crippen LogP contribution in [0.3, 0.4) is 0 Å². The zero-order valence-electron chi connectivity index (χ0n) is 34.9. The van der Waals surface area contributed by atoms with E-state index in [4.69, 9.17) is 19.9 Å². The molecule has 0 amide bonds. The first-order chi connectivity index (χ1) is 31.7. The van der Waals surface area contributed by atoms with Crippen LogP contribution in [0.25, 0.3) is 134 Å². The molecule has 4 nitrogen and oxygen atoms in total. The van der Waals surface area contributed by atoms with E-state index in [2.05, 4.69) is 218 Å². The zero-order valence-corrected chi connectivity index (χ0v) is 35.8. The van der Waals surface area contributed by atoms with Gasteiger partial charge in [0, 0.05) is 0 Å². The first kappa shape index (κ1) is 38.6. The summed E-state index contributed by atoms with van der Waals surface area (Å²) in [5, 5.41) is 9.36. The maximum Gasteiger partial charge on any atom is 2.00 e. The molecule has 5 heteroatoms. The van der Waals surface area contributed by atoms with Gasteiger partial charge >= 0.3 is 17.1 Å². The Bertz CT molecular complexity index is 3470. The second-order valence-corrected chi connectivity index (χ2v) is 16.6. The molecule has 11 aromatic rings. The summed E-state index contributed by atoms with van der Waals surface area (Å²) in [5.74, 6) is 0. The summed E-state index contributed by atoms with van der Waals surface area (Å²) in [6.07, 6.45) is 8.57. The molecule has 13 rings (SSSR count). The molecule has 0 aliphatic carbocycles. The molecule has 0 atom stereocenters. The number of rotatable bonds is 4. The summed E-state index contributed by atoms with van der Waals surface area (Å²) in [6.45, 7) is 0. The topological polar surface area (TPSA) is 54.0 Å². The third kappa shape index (κ3) is 6.69. The van der Waals surface area contributed by atoms with Crippen LogP contribution in [-0.2, 0) is 17.1 Å². The van der Waals surface area contributed by atoms with E-state index in [0.717, 1.165) is 111 Å². The van der Waals surface area contributed by atoms with Crippen molar-refractivity contribution in [2.24, 2.45) is 0 Å². The van der Waals surface area contributed by atoms with Crippen molar-refractivity contribution in [2.75, 3.05) is 0 Å². The van der Waals surface area contributed by atoms with Crippen LogP contribution >= 0.6 is 0 Å². The maximum atomic E-state index is 5.54. The summed E-state index contributed by atoms with van der Waals surface area (Å²) in [7, 11) is 0. The minimum Gasteiger partial charge on any atom is -0.657 e. The Balaban J connectivity index is 0.00000444. The molecule has 2 aliphatic heterocycles. The Morgan fingerprint density at radius 3 is 0.723 bits per heavy atom. The van der Waals surface area contributed by atoms with Gasteiger partial charge in [0.2, 0.25) is 0 Å². The smallest absolute Gasteiger partial charge is 0.657 e. The van der Waals surface area contributed by atoms with Crippen molar-refractivity contribution in [3.8, 4) is 44.5 Å². The van der Waals surface area contributed by atoms with Crippen molar-refractivity contribution in [3.63, 3.8) is 0 Å². The molecule has 0 spiro atoms. The molecule has 0 saturated carbocycles. The summed E-state index contributed by atoms with van der Waals surface area (Å²) in [5.41, 5.74) is 14.8. The fraction of sp³-hybridized carbons (Fsp3) is 0. The van der Waals surface area contributed by atoms with Gasteiger partial charge in [-0.15, -0.1) is 22.1 Å². The summed E-state index contributed by atoms with van der Waals surface area (Å²) in [4.78, 5) is 22.1. The fourth-order valence-corrected chi connectivity index (χ4v) is 9.65. The van der Waals surface area contributed by atoms with Crippen LogP contribution in [-0.4, -0.2) is 9.97 Å². The van der Waals surface area contributed by atoms with Gasteiger partial charge in [-0.1, -0.05) is 170 Å². The van der Waals surface area contributed by atoms with E-state index in [1.165, 1.54) is 21.5 Å². The van der Waals surface area contributed by atoms with E-state index >= 15 is 0 Å². The van der Waals surface area contributed by atoms with Crippen LogP contribution in [0, 0.1) is 0 Å². The van der Waals surface area contributed by atoms with E-state index < -0.39 is 0 Å². The maximum absolute atomic E-state index is 5.54. The van der Waals surface area contributed by atoms with Gasteiger partial charge in [0.05, 0.1) is 22.8 Å². The normalized spacial score (nSPS) is 12.1. The fourth-order valence-electron chi connectivity index (χ4n) is 9.65. The summed E-state index contributed by atoms with van der Waals surface area (Å²) in [6, 6.07) is 69.1. The van der Waals surface area contributed by atoms with Gasteiger partial charge in [-0.3, -0.25) is 0 Å². The molecule has 65 heavy (non-hydrogen) atoms. The van der Waals surface area contributed by atoms with Crippen LogP contribution in [0.2, 0.25) is 0 Å². The molecule has 0 unspecified atom stereocenters. The number of aromatic nitrogens is 4. The van der Waals surface area contributed by atoms with E-state index in [1.54, 1.807) is 0 Å². The van der Waals surface area contributed by atoms with E-state index in [-0.39, 0.29) is 17.1 Å². The van der Waals surface area contributed by atoms with Gasteiger partial charge in [-0.05, 0) is 136 Å². The van der Waals surface area contributed by atoms with E-state index in [9.17, 15) is 0 Å². The van der Waals surface area contributed by atoms with Crippen molar-refractivity contribution in [1.82, 2.24) is 19.9 Å². The largest absolute Gasteiger partial charge is 2.00 e. The SMILES string of the molecule is C1=Cc2nc1c(-c1ccc3ccccc3c1)c1ccc([n-]1)c(-c1ccc3ccccc3c1)c1nc(c(-c3ccc4ccccc4c3)c3ccc([n-]3)c2-c2ccc3ccccc3c2)C=C1.[Cu+2]. The number of hydrogen-bond acceptors (Lipinski definition) is 2. The molecule has 3 aromatic heterocycles. The van der Waals surface area contributed by atoms with Crippen LogP contribution in [0.5, 0.6) is 0 Å². The van der Waals surface area contributed by atoms with Crippen molar-refractivity contribution < 1.29 is 17.1 Å². The second kappa shape index (κ2) is 15.6. The van der Waals surface area contributed by atoms with Crippen LogP contribution in [0.1, 0.15) is 22.8 Å². The monoisotopic (exact) mass is 875 g/mol. The van der Waals surface area contributed by atoms with Gasteiger partial charge in [0.25, 0.3) is 0 Å². The third-order valence-electron chi connectivity index (χ3n) is 12.8. The molecule has 8 aromatic carbocycles. The van der Waals surface area contributed by atoms with Crippen LogP contribution < -0.4 is 9.97 Å². The molecule has 0 fully saturated rings. The van der Waals surface area contributed by atoms with Gasteiger partial charge in [0.1, 0.15) is 0 Å². The third-order valence-corrected chi connectivity index (χ3v) is 12.8. The van der Waals surface area contributed by atoms with E-state index in [1.807, 2.05) is 0 Å². The van der Waals surface area contributed by atoms with Gasteiger partial charge < -0.3 is 9.97 Å².